The largest absolute Gasteiger partial charge is 0.493 e. The predicted molar refractivity (Wildman–Crippen MR) is 120 cm³/mol. The second-order valence-electron chi connectivity index (χ2n) is 6.24. The van der Waals surface area contributed by atoms with Crippen LogP contribution in [-0.4, -0.2) is 28.2 Å². The van der Waals surface area contributed by atoms with E-state index >= 15 is 0 Å². The maximum Gasteiger partial charge on any atom is 0.313 e. The Hall–Kier alpha value is -4.06. The minimum atomic E-state index is -0.555. The van der Waals surface area contributed by atoms with E-state index in [0.29, 0.717) is 21.5 Å². The number of benzene rings is 2. The number of hydrogen-bond donors (Lipinski definition) is 1. The number of methoxy groups -OCH3 is 1. The van der Waals surface area contributed by atoms with Crippen molar-refractivity contribution in [2.45, 2.75) is 6.61 Å². The summed E-state index contributed by atoms with van der Waals surface area (Å²) >= 11 is 3.43. The zero-order valence-corrected chi connectivity index (χ0v) is 18.2. The van der Waals surface area contributed by atoms with Crippen LogP contribution < -0.4 is 14.9 Å². The molecule has 32 heavy (non-hydrogen) atoms. The van der Waals surface area contributed by atoms with Gasteiger partial charge in [0.05, 0.1) is 23.2 Å². The van der Waals surface area contributed by atoms with Crippen molar-refractivity contribution in [2.24, 2.45) is 5.10 Å². The van der Waals surface area contributed by atoms with Crippen LogP contribution in [0.1, 0.15) is 11.1 Å². The van der Waals surface area contributed by atoms with E-state index in [1.54, 1.807) is 24.3 Å². The van der Waals surface area contributed by atoms with Gasteiger partial charge in [0.1, 0.15) is 6.61 Å². The van der Waals surface area contributed by atoms with Crippen LogP contribution in [-0.2, 0) is 6.61 Å². The maximum absolute atomic E-state index is 11.0. The molecule has 0 saturated heterocycles. The molecule has 11 nitrogen and oxygen atoms in total. The van der Waals surface area contributed by atoms with Gasteiger partial charge in [0, 0.05) is 34.4 Å². The van der Waals surface area contributed by atoms with Crippen molar-refractivity contribution in [3.63, 3.8) is 0 Å². The molecule has 0 spiro atoms. The number of nitrogens with one attached hydrogen (secondary N) is 1. The lowest BCUT2D eigenvalue weighted by Gasteiger charge is -2.12. The van der Waals surface area contributed by atoms with Crippen LogP contribution in [0.5, 0.6) is 11.5 Å². The fraction of sp³-hybridized carbons (Fsp3) is 0.100. The van der Waals surface area contributed by atoms with Gasteiger partial charge in [-0.2, -0.15) is 5.10 Å². The first-order valence-electron chi connectivity index (χ1n) is 9.01. The van der Waals surface area contributed by atoms with Crippen LogP contribution in [0.25, 0.3) is 0 Å². The molecule has 1 N–H and O–H groups in total. The highest BCUT2D eigenvalue weighted by atomic mass is 79.9. The third-order valence-electron chi connectivity index (χ3n) is 4.18. The van der Waals surface area contributed by atoms with Crippen LogP contribution in [0.3, 0.4) is 0 Å². The van der Waals surface area contributed by atoms with Crippen molar-refractivity contribution in [1.29, 1.82) is 0 Å². The molecule has 0 amide bonds. The lowest BCUT2D eigenvalue weighted by molar-refractivity contribution is -0.384. The molecule has 1 aromatic heterocycles. The number of pyridine rings is 1. The summed E-state index contributed by atoms with van der Waals surface area (Å²) < 4.78 is 11.8. The van der Waals surface area contributed by atoms with Gasteiger partial charge in [-0.3, -0.25) is 25.7 Å². The van der Waals surface area contributed by atoms with E-state index in [2.05, 4.69) is 31.4 Å². The van der Waals surface area contributed by atoms with Gasteiger partial charge in [-0.05, 0) is 51.8 Å². The maximum atomic E-state index is 11.0. The summed E-state index contributed by atoms with van der Waals surface area (Å²) in [4.78, 5) is 24.7. The first-order chi connectivity index (χ1) is 15.4. The summed E-state index contributed by atoms with van der Waals surface area (Å²) in [7, 11) is 1.48. The molecule has 0 aliphatic carbocycles. The number of rotatable bonds is 9. The summed E-state index contributed by atoms with van der Waals surface area (Å²) in [6.45, 7) is 0.180. The lowest BCUT2D eigenvalue weighted by Crippen LogP contribution is -2.01. The number of hydrogen-bond acceptors (Lipinski definition) is 9. The van der Waals surface area contributed by atoms with Gasteiger partial charge >= 0.3 is 5.69 Å². The number of ether oxygens (including phenoxy) is 2. The van der Waals surface area contributed by atoms with Gasteiger partial charge < -0.3 is 9.47 Å². The number of hydrazone groups is 1. The van der Waals surface area contributed by atoms with Crippen molar-refractivity contribution in [3.05, 3.63) is 90.6 Å². The van der Waals surface area contributed by atoms with Crippen LogP contribution in [0, 0.1) is 20.2 Å². The van der Waals surface area contributed by atoms with Crippen LogP contribution >= 0.6 is 15.9 Å². The highest BCUT2D eigenvalue weighted by Crippen LogP contribution is 2.33. The first-order valence-corrected chi connectivity index (χ1v) is 9.80. The number of non-ortho nitro benzene ring substituents is 1. The fourth-order valence-electron chi connectivity index (χ4n) is 2.59. The molecule has 0 fully saturated rings. The Morgan fingerprint density at radius 1 is 1.12 bits per heavy atom. The zero-order valence-electron chi connectivity index (χ0n) is 16.6. The average molecular weight is 502 g/mol. The van der Waals surface area contributed by atoms with E-state index in [4.69, 9.17) is 9.47 Å². The topological polar surface area (TPSA) is 142 Å². The smallest absolute Gasteiger partial charge is 0.313 e. The highest BCUT2D eigenvalue weighted by molar-refractivity contribution is 9.10. The quantitative estimate of drug-likeness (QED) is 0.252. The number of halogens is 1. The second-order valence-corrected chi connectivity index (χ2v) is 7.09. The molecule has 0 saturated carbocycles. The van der Waals surface area contributed by atoms with Crippen LogP contribution in [0.4, 0.5) is 17.2 Å². The van der Waals surface area contributed by atoms with E-state index in [9.17, 15) is 20.2 Å². The highest BCUT2D eigenvalue weighted by Gasteiger charge is 2.14. The summed E-state index contributed by atoms with van der Waals surface area (Å²) in [6.07, 6.45) is 2.87. The SMILES string of the molecule is COc1cc(/C=N\Nc2ncccc2[N+](=O)[O-])c(Br)cc1OCc1ccc([N+](=O)[O-])cc1. The van der Waals surface area contributed by atoms with Gasteiger partial charge in [0.2, 0.25) is 5.82 Å². The monoisotopic (exact) mass is 501 g/mol. The average Bonchev–Trinajstić information content (AvgIpc) is 2.79. The Morgan fingerprint density at radius 3 is 2.53 bits per heavy atom. The van der Waals surface area contributed by atoms with Gasteiger partial charge in [0.15, 0.2) is 11.5 Å². The summed E-state index contributed by atoms with van der Waals surface area (Å²) in [5.74, 6) is 0.892. The Morgan fingerprint density at radius 2 is 1.88 bits per heavy atom. The predicted octanol–water partition coefficient (Wildman–Crippen LogP) is 4.69. The molecular weight excluding hydrogens is 486 g/mol. The van der Waals surface area contributed by atoms with Gasteiger partial charge in [-0.15, -0.1) is 0 Å². The third-order valence-corrected chi connectivity index (χ3v) is 4.87. The minimum Gasteiger partial charge on any atom is -0.493 e. The molecule has 164 valence electrons. The summed E-state index contributed by atoms with van der Waals surface area (Å²) in [6, 6.07) is 12.2. The number of aromatic nitrogens is 1. The molecule has 0 unspecified atom stereocenters. The van der Waals surface area contributed by atoms with E-state index in [0.717, 1.165) is 5.56 Å². The Labute approximate surface area is 190 Å². The first kappa shape index (κ1) is 22.6. The van der Waals surface area contributed by atoms with E-state index in [1.807, 2.05) is 0 Å². The van der Waals surface area contributed by atoms with E-state index in [-0.39, 0.29) is 23.8 Å². The van der Waals surface area contributed by atoms with Crippen molar-refractivity contribution in [1.82, 2.24) is 4.98 Å². The van der Waals surface area contributed by atoms with Crippen LogP contribution in [0.15, 0.2) is 64.3 Å². The molecule has 0 radical (unpaired) electrons. The number of anilines is 1. The summed E-state index contributed by atoms with van der Waals surface area (Å²) in [5, 5.41) is 25.8. The minimum absolute atomic E-state index is 0.00218. The molecule has 0 atom stereocenters. The second kappa shape index (κ2) is 10.3. The Bertz CT molecular complexity index is 1170. The fourth-order valence-corrected chi connectivity index (χ4v) is 3.02. The molecule has 0 aliphatic heterocycles. The van der Waals surface area contributed by atoms with Gasteiger partial charge in [0.25, 0.3) is 5.69 Å². The van der Waals surface area contributed by atoms with Crippen molar-refractivity contribution in [3.8, 4) is 11.5 Å². The molecule has 0 bridgehead atoms. The number of nitro benzene ring substituents is 1. The van der Waals surface area contributed by atoms with Gasteiger partial charge in [-0.1, -0.05) is 0 Å². The third kappa shape index (κ3) is 5.55. The Kier molecular flexibility index (Phi) is 7.29. The number of nitro groups is 2. The molecule has 0 aliphatic rings. The van der Waals surface area contributed by atoms with Crippen molar-refractivity contribution in [2.75, 3.05) is 12.5 Å². The summed E-state index contributed by atoms with van der Waals surface area (Å²) in [5.41, 5.74) is 3.73. The molecule has 12 heteroatoms. The van der Waals surface area contributed by atoms with Crippen LogP contribution in [0.2, 0.25) is 0 Å². The molecule has 2 aromatic carbocycles. The molecule has 3 aromatic rings. The zero-order chi connectivity index (χ0) is 23.1. The molecular formula is C20H16BrN5O6. The normalized spacial score (nSPS) is 10.7. The lowest BCUT2D eigenvalue weighted by atomic mass is 10.2. The van der Waals surface area contributed by atoms with E-state index < -0.39 is 9.85 Å². The molecule has 1 heterocycles. The Balaban J connectivity index is 1.72. The standard InChI is InChI=1S/C20H16BrN5O6/c1-31-18-9-14(11-23-24-20-17(26(29)30)3-2-8-22-20)16(21)10-19(18)32-12-13-4-6-15(7-5-13)25(27)28/h2-11H,12H2,1H3,(H,22,24)/b23-11-. The van der Waals surface area contributed by atoms with Gasteiger partial charge in [-0.25, -0.2) is 4.98 Å². The molecule has 3 rings (SSSR count). The number of nitrogens with zero attached hydrogens (tertiary/aromatic N) is 4. The van der Waals surface area contributed by atoms with Crippen molar-refractivity contribution < 1.29 is 19.3 Å². The van der Waals surface area contributed by atoms with E-state index in [1.165, 1.54) is 43.8 Å². The van der Waals surface area contributed by atoms with Crippen molar-refractivity contribution >= 4 is 39.3 Å².